The van der Waals surface area contributed by atoms with Crippen LogP contribution in [0.4, 0.5) is 14.5 Å². The molecule has 144 valence electrons. The zero-order valence-corrected chi connectivity index (χ0v) is 16.2. The number of halogens is 2. The van der Waals surface area contributed by atoms with Crippen molar-refractivity contribution in [2.24, 2.45) is 0 Å². The lowest BCUT2D eigenvalue weighted by molar-refractivity contribution is -0.692. The lowest BCUT2D eigenvalue weighted by Gasteiger charge is -2.16. The van der Waals surface area contributed by atoms with E-state index in [2.05, 4.69) is 10.1 Å². The molecule has 2 rings (SSSR count). The number of anilines is 1. The minimum atomic E-state index is -2.91. The monoisotopic (exact) mass is 394 g/mol. The van der Waals surface area contributed by atoms with Crippen LogP contribution in [0.25, 0.3) is 0 Å². The molecule has 0 saturated carbocycles. The molecule has 0 saturated heterocycles. The highest BCUT2D eigenvalue weighted by atomic mass is 32.1. The molecule has 5 nitrogen and oxygen atoms in total. The number of ketones is 1. The molecule has 1 heterocycles. The number of nitrogens with one attached hydrogen (secondary N) is 1. The Morgan fingerprint density at radius 3 is 2.26 bits per heavy atom. The Balaban J connectivity index is 2.32. The summed E-state index contributed by atoms with van der Waals surface area (Å²) in [7, 11) is 3.85. The highest BCUT2D eigenvalue weighted by Gasteiger charge is 2.33. The molecule has 1 aromatic carbocycles. The molecule has 27 heavy (non-hydrogen) atoms. The van der Waals surface area contributed by atoms with Crippen LogP contribution in [0, 0.1) is 0 Å². The third-order valence-corrected chi connectivity index (χ3v) is 4.23. The Hall–Kier alpha value is -2.61. The molecular formula is C19H22F2N3O2S+. The average Bonchev–Trinajstić information content (AvgIpc) is 2.62. The Morgan fingerprint density at radius 2 is 1.78 bits per heavy atom. The summed E-state index contributed by atoms with van der Waals surface area (Å²) in [6, 6.07) is 8.62. The fourth-order valence-electron chi connectivity index (χ4n) is 2.52. The van der Waals surface area contributed by atoms with Gasteiger partial charge in [-0.05, 0) is 31.2 Å². The molecule has 1 atom stereocenters. The fourth-order valence-corrected chi connectivity index (χ4v) is 2.89. The van der Waals surface area contributed by atoms with E-state index in [0.717, 1.165) is 5.69 Å². The van der Waals surface area contributed by atoms with E-state index in [4.69, 9.17) is 12.2 Å². The molecule has 0 spiro atoms. The van der Waals surface area contributed by atoms with Gasteiger partial charge in [0.15, 0.2) is 17.4 Å². The number of hydrogen-bond donors (Lipinski definition) is 1. The zero-order chi connectivity index (χ0) is 20.0. The SMILES string of the molecule is CCNC(=S)C(C(=O)c1ccc(OC(F)F)cc1)[n+]1ccc(N(C)C)cc1. The van der Waals surface area contributed by atoms with Crippen molar-refractivity contribution in [3.05, 3.63) is 54.4 Å². The van der Waals surface area contributed by atoms with Crippen LogP contribution in [0.1, 0.15) is 23.3 Å². The second kappa shape index (κ2) is 9.36. The molecule has 1 N–H and O–H groups in total. The number of carbonyl (C=O) groups is 1. The van der Waals surface area contributed by atoms with Gasteiger partial charge in [-0.2, -0.15) is 13.3 Å². The first-order valence-corrected chi connectivity index (χ1v) is 8.79. The predicted molar refractivity (Wildman–Crippen MR) is 104 cm³/mol. The number of likely N-dealkylation sites (N-methyl/N-ethyl adjacent to an activating group) is 1. The molecule has 1 unspecified atom stereocenters. The van der Waals surface area contributed by atoms with Crippen LogP contribution in [0.2, 0.25) is 0 Å². The van der Waals surface area contributed by atoms with E-state index in [1.807, 2.05) is 38.1 Å². The van der Waals surface area contributed by atoms with Gasteiger partial charge in [0.25, 0.3) is 6.04 Å². The summed E-state index contributed by atoms with van der Waals surface area (Å²) >= 11 is 5.41. The molecule has 0 amide bonds. The minimum absolute atomic E-state index is 0.00431. The lowest BCUT2D eigenvalue weighted by Crippen LogP contribution is -2.51. The van der Waals surface area contributed by atoms with Crippen molar-refractivity contribution >= 4 is 28.7 Å². The molecule has 1 aromatic heterocycles. The second-order valence-corrected chi connectivity index (χ2v) is 6.40. The van der Waals surface area contributed by atoms with Crippen molar-refractivity contribution in [2.45, 2.75) is 19.6 Å². The largest absolute Gasteiger partial charge is 0.435 e. The zero-order valence-electron chi connectivity index (χ0n) is 15.4. The Bertz CT molecular complexity index is 781. The van der Waals surface area contributed by atoms with Crippen molar-refractivity contribution in [1.82, 2.24) is 5.32 Å². The van der Waals surface area contributed by atoms with Gasteiger partial charge in [-0.15, -0.1) is 0 Å². The number of Topliss-reactive ketones (excluding diaryl/α,β-unsaturated/α-hetero) is 1. The molecule has 0 aliphatic rings. The van der Waals surface area contributed by atoms with Crippen molar-refractivity contribution in [2.75, 3.05) is 25.5 Å². The van der Waals surface area contributed by atoms with Crippen molar-refractivity contribution in [1.29, 1.82) is 0 Å². The summed E-state index contributed by atoms with van der Waals surface area (Å²) in [6.07, 6.45) is 3.58. The van der Waals surface area contributed by atoms with Crippen LogP contribution in [0.15, 0.2) is 48.8 Å². The van der Waals surface area contributed by atoms with Crippen LogP contribution in [0.3, 0.4) is 0 Å². The Morgan fingerprint density at radius 1 is 1.19 bits per heavy atom. The first-order chi connectivity index (χ1) is 12.8. The maximum Gasteiger partial charge on any atom is 0.387 e. The summed E-state index contributed by atoms with van der Waals surface area (Å²) in [5, 5.41) is 3.03. The number of pyridine rings is 1. The normalized spacial score (nSPS) is 11.8. The third-order valence-electron chi connectivity index (χ3n) is 3.86. The summed E-state index contributed by atoms with van der Waals surface area (Å²) in [5.74, 6) is -0.248. The highest BCUT2D eigenvalue weighted by molar-refractivity contribution is 7.80. The third kappa shape index (κ3) is 5.43. The maximum absolute atomic E-state index is 13.1. The van der Waals surface area contributed by atoms with Crippen LogP contribution >= 0.6 is 12.2 Å². The number of carbonyl (C=O) groups excluding carboxylic acids is 1. The van der Waals surface area contributed by atoms with E-state index >= 15 is 0 Å². The topological polar surface area (TPSA) is 45.5 Å². The Labute approximate surface area is 162 Å². The average molecular weight is 394 g/mol. The summed E-state index contributed by atoms with van der Waals surface area (Å²) in [4.78, 5) is 15.4. The number of hydrogen-bond acceptors (Lipinski definition) is 4. The van der Waals surface area contributed by atoms with E-state index in [0.29, 0.717) is 17.1 Å². The van der Waals surface area contributed by atoms with Crippen molar-refractivity contribution in [3.8, 4) is 5.75 Å². The smallest absolute Gasteiger partial charge is 0.387 e. The number of ether oxygens (including phenoxy) is 1. The minimum Gasteiger partial charge on any atom is -0.435 e. The quantitative estimate of drug-likeness (QED) is 0.424. The second-order valence-electron chi connectivity index (χ2n) is 5.96. The van der Waals surface area contributed by atoms with Gasteiger partial charge in [0.05, 0.1) is 0 Å². The number of benzene rings is 1. The van der Waals surface area contributed by atoms with Crippen LogP contribution in [-0.2, 0) is 0 Å². The van der Waals surface area contributed by atoms with Crippen LogP contribution in [-0.4, -0.2) is 38.0 Å². The molecule has 2 aromatic rings. The van der Waals surface area contributed by atoms with E-state index < -0.39 is 12.7 Å². The van der Waals surface area contributed by atoms with Crippen LogP contribution in [0.5, 0.6) is 5.75 Å². The number of aromatic nitrogens is 1. The van der Waals surface area contributed by atoms with Gasteiger partial charge in [-0.1, -0.05) is 12.2 Å². The van der Waals surface area contributed by atoms with Crippen molar-refractivity contribution < 1.29 is 22.9 Å². The first-order valence-electron chi connectivity index (χ1n) is 8.38. The number of thiocarbonyl (C=S) groups is 1. The molecule has 0 radical (unpaired) electrons. The predicted octanol–water partition coefficient (Wildman–Crippen LogP) is 3.00. The van der Waals surface area contributed by atoms with E-state index in [1.54, 1.807) is 17.0 Å². The molecule has 0 fully saturated rings. The summed E-state index contributed by atoms with van der Waals surface area (Å²) in [6.45, 7) is -0.434. The summed E-state index contributed by atoms with van der Waals surface area (Å²) in [5.41, 5.74) is 1.34. The Kier molecular flexibility index (Phi) is 7.18. The first kappa shape index (κ1) is 20.7. The highest BCUT2D eigenvalue weighted by Crippen LogP contribution is 2.18. The van der Waals surface area contributed by atoms with Gasteiger partial charge in [-0.25, -0.2) is 0 Å². The molecule has 0 aliphatic carbocycles. The van der Waals surface area contributed by atoms with Gasteiger partial charge < -0.3 is 15.0 Å². The molecule has 0 aliphatic heterocycles. The maximum atomic E-state index is 13.1. The fraction of sp³-hybridized carbons (Fsp3) is 0.316. The van der Waals surface area contributed by atoms with Gasteiger partial charge in [0, 0.05) is 44.0 Å². The van der Waals surface area contributed by atoms with Gasteiger partial charge in [0.2, 0.25) is 5.78 Å². The van der Waals surface area contributed by atoms with Crippen molar-refractivity contribution in [3.63, 3.8) is 0 Å². The van der Waals surface area contributed by atoms with Gasteiger partial charge >= 0.3 is 6.61 Å². The van der Waals surface area contributed by atoms with E-state index in [-0.39, 0.29) is 11.5 Å². The van der Waals surface area contributed by atoms with Gasteiger partial charge in [0.1, 0.15) is 5.75 Å². The van der Waals surface area contributed by atoms with E-state index in [9.17, 15) is 13.6 Å². The van der Waals surface area contributed by atoms with E-state index in [1.165, 1.54) is 24.3 Å². The summed E-state index contributed by atoms with van der Waals surface area (Å²) < 4.78 is 30.6. The molecule has 8 heteroatoms. The number of alkyl halides is 2. The molecule has 0 bridgehead atoms. The molecular weight excluding hydrogens is 372 g/mol. The number of rotatable bonds is 8. The lowest BCUT2D eigenvalue weighted by atomic mass is 10.0. The van der Waals surface area contributed by atoms with Gasteiger partial charge in [-0.3, -0.25) is 4.79 Å². The standard InChI is InChI=1S/C19H21F2N3O2S/c1-4-22-18(27)16(24-11-9-14(10-12-24)23(2)3)17(25)13-5-7-15(8-6-13)26-19(20)21/h5-12,16,19H,4H2,1-3H3/p+1. The number of nitrogens with zero attached hydrogens (tertiary/aromatic N) is 2. The van der Waals surface area contributed by atoms with Crippen LogP contribution < -0.4 is 19.5 Å².